The average molecular weight is 307 g/mol. The first-order valence-electron chi connectivity index (χ1n) is 8.40. The molecule has 0 bridgehead atoms. The molecule has 1 saturated heterocycles. The summed E-state index contributed by atoms with van der Waals surface area (Å²) in [7, 11) is 0. The van der Waals surface area contributed by atoms with Crippen LogP contribution < -0.4 is 5.32 Å². The zero-order valence-corrected chi connectivity index (χ0v) is 12.9. The summed E-state index contributed by atoms with van der Waals surface area (Å²) in [6, 6.07) is 0.333. The molecule has 2 fully saturated rings. The van der Waals surface area contributed by atoms with Crippen LogP contribution in [-0.4, -0.2) is 32.0 Å². The Morgan fingerprint density at radius 2 is 1.81 bits per heavy atom. The third-order valence-corrected chi connectivity index (χ3v) is 5.08. The van der Waals surface area contributed by atoms with E-state index in [4.69, 9.17) is 4.74 Å². The molecule has 21 heavy (non-hydrogen) atoms. The number of rotatable bonds is 5. The van der Waals surface area contributed by atoms with Gasteiger partial charge in [-0.25, -0.2) is 0 Å². The molecule has 2 atom stereocenters. The summed E-state index contributed by atoms with van der Waals surface area (Å²) < 4.78 is 44.0. The van der Waals surface area contributed by atoms with Gasteiger partial charge in [-0.15, -0.1) is 0 Å². The molecule has 1 N–H and O–H groups in total. The lowest BCUT2D eigenvalue weighted by Crippen LogP contribution is -2.47. The molecular formula is C16H28F3NO. The van der Waals surface area contributed by atoms with Gasteiger partial charge in [-0.05, 0) is 63.3 Å². The van der Waals surface area contributed by atoms with Crippen LogP contribution in [0.15, 0.2) is 0 Å². The van der Waals surface area contributed by atoms with Gasteiger partial charge in [-0.2, -0.15) is 13.2 Å². The van der Waals surface area contributed by atoms with Gasteiger partial charge in [0.05, 0.1) is 12.5 Å². The number of alkyl halides is 3. The van der Waals surface area contributed by atoms with Gasteiger partial charge in [0.2, 0.25) is 0 Å². The quantitative estimate of drug-likeness (QED) is 0.824. The van der Waals surface area contributed by atoms with E-state index in [0.717, 1.165) is 39.0 Å². The lowest BCUT2D eigenvalue weighted by atomic mass is 9.73. The van der Waals surface area contributed by atoms with E-state index in [1.54, 1.807) is 0 Å². The SMILES string of the molecule is CCCNC(C1CCC(C(F)(F)F)CC1)C1CCCOC1. The molecule has 5 heteroatoms. The molecule has 0 aromatic heterocycles. The topological polar surface area (TPSA) is 21.3 Å². The highest BCUT2D eigenvalue weighted by Crippen LogP contribution is 2.41. The minimum Gasteiger partial charge on any atom is -0.381 e. The van der Waals surface area contributed by atoms with Gasteiger partial charge in [0.15, 0.2) is 0 Å². The summed E-state index contributed by atoms with van der Waals surface area (Å²) in [5, 5.41) is 3.60. The van der Waals surface area contributed by atoms with Crippen molar-refractivity contribution in [2.24, 2.45) is 17.8 Å². The van der Waals surface area contributed by atoms with Crippen LogP contribution in [0.5, 0.6) is 0 Å². The number of ether oxygens (including phenoxy) is 1. The second kappa shape index (κ2) is 7.82. The molecule has 0 spiro atoms. The van der Waals surface area contributed by atoms with Crippen LogP contribution in [0.3, 0.4) is 0 Å². The molecule has 0 radical (unpaired) electrons. The summed E-state index contributed by atoms with van der Waals surface area (Å²) in [5.74, 6) is -0.234. The fourth-order valence-corrected chi connectivity index (χ4v) is 3.88. The molecule has 124 valence electrons. The van der Waals surface area contributed by atoms with Crippen molar-refractivity contribution >= 4 is 0 Å². The predicted octanol–water partition coefficient (Wildman–Crippen LogP) is 4.15. The summed E-state index contributed by atoms with van der Waals surface area (Å²) in [4.78, 5) is 0. The molecule has 0 aromatic carbocycles. The Morgan fingerprint density at radius 3 is 2.33 bits per heavy atom. The lowest BCUT2D eigenvalue weighted by Gasteiger charge is -2.40. The van der Waals surface area contributed by atoms with Crippen LogP contribution in [0.4, 0.5) is 13.2 Å². The maximum absolute atomic E-state index is 12.8. The molecular weight excluding hydrogens is 279 g/mol. The standard InChI is InChI=1S/C16H28F3NO/c1-2-9-20-15(13-4-3-10-21-11-13)12-5-7-14(8-6-12)16(17,18)19/h12-15,20H,2-11H2,1H3. The predicted molar refractivity (Wildman–Crippen MR) is 77.1 cm³/mol. The Morgan fingerprint density at radius 1 is 1.10 bits per heavy atom. The van der Waals surface area contributed by atoms with Gasteiger partial charge in [-0.1, -0.05) is 6.92 Å². The van der Waals surface area contributed by atoms with Gasteiger partial charge in [0.25, 0.3) is 0 Å². The molecule has 0 aromatic rings. The first kappa shape index (κ1) is 17.1. The third kappa shape index (κ3) is 4.85. The van der Waals surface area contributed by atoms with E-state index in [9.17, 15) is 13.2 Å². The second-order valence-electron chi connectivity index (χ2n) is 6.61. The molecule has 0 amide bonds. The first-order valence-corrected chi connectivity index (χ1v) is 8.40. The minimum atomic E-state index is -4.01. The Balaban J connectivity index is 1.91. The van der Waals surface area contributed by atoms with Crippen molar-refractivity contribution in [1.29, 1.82) is 0 Å². The number of hydrogen-bond donors (Lipinski definition) is 1. The number of hydrogen-bond acceptors (Lipinski definition) is 2. The van der Waals surface area contributed by atoms with Gasteiger partial charge in [0.1, 0.15) is 0 Å². The van der Waals surface area contributed by atoms with E-state index >= 15 is 0 Å². The Hall–Kier alpha value is -0.290. The normalized spacial score (nSPS) is 32.9. The van der Waals surface area contributed by atoms with Crippen molar-refractivity contribution in [1.82, 2.24) is 5.32 Å². The van der Waals surface area contributed by atoms with E-state index < -0.39 is 12.1 Å². The third-order valence-electron chi connectivity index (χ3n) is 5.08. The highest BCUT2D eigenvalue weighted by Gasteiger charge is 2.43. The molecule has 2 nitrogen and oxygen atoms in total. The van der Waals surface area contributed by atoms with E-state index in [-0.39, 0.29) is 0 Å². The number of nitrogens with one attached hydrogen (secondary N) is 1. The minimum absolute atomic E-state index is 0.298. The fourth-order valence-electron chi connectivity index (χ4n) is 3.88. The monoisotopic (exact) mass is 307 g/mol. The van der Waals surface area contributed by atoms with Crippen LogP contribution in [0.2, 0.25) is 0 Å². The van der Waals surface area contributed by atoms with Crippen molar-refractivity contribution < 1.29 is 17.9 Å². The van der Waals surface area contributed by atoms with Crippen LogP contribution >= 0.6 is 0 Å². The number of halogens is 3. The van der Waals surface area contributed by atoms with Crippen molar-refractivity contribution in [3.8, 4) is 0 Å². The van der Waals surface area contributed by atoms with Gasteiger partial charge in [0, 0.05) is 12.6 Å². The zero-order chi connectivity index (χ0) is 15.3. The summed E-state index contributed by atoms with van der Waals surface area (Å²) >= 11 is 0. The van der Waals surface area contributed by atoms with Gasteiger partial charge >= 0.3 is 6.18 Å². The molecule has 2 rings (SSSR count). The van der Waals surface area contributed by atoms with Crippen molar-refractivity contribution in [2.45, 2.75) is 64.1 Å². The Bertz CT molecular complexity index is 294. The van der Waals surface area contributed by atoms with Crippen molar-refractivity contribution in [3.63, 3.8) is 0 Å². The van der Waals surface area contributed by atoms with E-state index in [1.165, 1.54) is 0 Å². The molecule has 2 aliphatic rings. The van der Waals surface area contributed by atoms with E-state index in [0.29, 0.717) is 43.6 Å². The molecule has 2 unspecified atom stereocenters. The maximum atomic E-state index is 12.8. The van der Waals surface area contributed by atoms with Gasteiger partial charge in [-0.3, -0.25) is 0 Å². The lowest BCUT2D eigenvalue weighted by molar-refractivity contribution is -0.184. The molecule has 1 aliphatic carbocycles. The first-order chi connectivity index (χ1) is 10.0. The largest absolute Gasteiger partial charge is 0.391 e. The van der Waals surface area contributed by atoms with E-state index in [2.05, 4.69) is 12.2 Å². The Labute approximate surface area is 125 Å². The second-order valence-corrected chi connectivity index (χ2v) is 6.61. The van der Waals surface area contributed by atoms with Crippen LogP contribution in [0.1, 0.15) is 51.9 Å². The van der Waals surface area contributed by atoms with Crippen LogP contribution in [-0.2, 0) is 4.74 Å². The highest BCUT2D eigenvalue weighted by atomic mass is 19.4. The maximum Gasteiger partial charge on any atom is 0.391 e. The van der Waals surface area contributed by atoms with Crippen molar-refractivity contribution in [2.75, 3.05) is 19.8 Å². The molecule has 1 aliphatic heterocycles. The molecule has 1 heterocycles. The van der Waals surface area contributed by atoms with Crippen LogP contribution in [0.25, 0.3) is 0 Å². The van der Waals surface area contributed by atoms with E-state index in [1.807, 2.05) is 0 Å². The van der Waals surface area contributed by atoms with Crippen molar-refractivity contribution in [3.05, 3.63) is 0 Å². The average Bonchev–Trinajstić information content (AvgIpc) is 2.48. The highest BCUT2D eigenvalue weighted by molar-refractivity contribution is 4.88. The summed E-state index contributed by atoms with van der Waals surface area (Å²) in [6.07, 6.45) is 1.25. The van der Waals surface area contributed by atoms with Crippen LogP contribution in [0, 0.1) is 17.8 Å². The van der Waals surface area contributed by atoms with Gasteiger partial charge < -0.3 is 10.1 Å². The summed E-state index contributed by atoms with van der Waals surface area (Å²) in [6.45, 7) is 4.67. The smallest absolute Gasteiger partial charge is 0.381 e. The summed E-state index contributed by atoms with van der Waals surface area (Å²) in [5.41, 5.74) is 0. The Kier molecular flexibility index (Phi) is 6.35. The fraction of sp³-hybridized carbons (Fsp3) is 1.00. The zero-order valence-electron chi connectivity index (χ0n) is 12.9. The molecule has 1 saturated carbocycles.